The van der Waals surface area contributed by atoms with Crippen molar-refractivity contribution in [3.05, 3.63) is 41.9 Å². The number of hydrogen-bond acceptors (Lipinski definition) is 6. The summed E-state index contributed by atoms with van der Waals surface area (Å²) in [5.41, 5.74) is 10.4. The van der Waals surface area contributed by atoms with E-state index in [1.54, 1.807) is 12.4 Å². The SMILES string of the molecule is Cc1ccncc1-c1nc(N)c2cnc(NC(=O)[C@H]3C[C@@H]3CC#N)cc2c1C1CC1. The molecule has 2 aliphatic carbocycles. The maximum Gasteiger partial charge on any atom is 0.228 e. The maximum absolute atomic E-state index is 12.5. The van der Waals surface area contributed by atoms with E-state index in [1.807, 2.05) is 25.3 Å². The summed E-state index contributed by atoms with van der Waals surface area (Å²) < 4.78 is 0. The number of nitriles is 1. The molecule has 3 N–H and O–H groups in total. The lowest BCUT2D eigenvalue weighted by atomic mass is 9.95. The lowest BCUT2D eigenvalue weighted by Gasteiger charge is -2.16. The van der Waals surface area contributed by atoms with Gasteiger partial charge in [-0.05, 0) is 66.7 Å². The van der Waals surface area contributed by atoms with Crippen molar-refractivity contribution in [2.45, 2.75) is 38.5 Å². The number of aromatic nitrogens is 3. The van der Waals surface area contributed by atoms with Gasteiger partial charge in [-0.2, -0.15) is 5.26 Å². The van der Waals surface area contributed by atoms with E-state index in [1.165, 1.54) is 0 Å². The second-order valence-electron chi connectivity index (χ2n) is 8.29. The van der Waals surface area contributed by atoms with Gasteiger partial charge >= 0.3 is 0 Å². The zero-order valence-electron chi connectivity index (χ0n) is 16.7. The Morgan fingerprint density at radius 2 is 2.17 bits per heavy atom. The van der Waals surface area contributed by atoms with Crippen LogP contribution >= 0.6 is 0 Å². The van der Waals surface area contributed by atoms with Crippen molar-refractivity contribution >= 4 is 28.3 Å². The van der Waals surface area contributed by atoms with Crippen molar-refractivity contribution < 1.29 is 4.79 Å². The maximum atomic E-state index is 12.5. The van der Waals surface area contributed by atoms with E-state index in [4.69, 9.17) is 16.0 Å². The molecule has 3 aromatic heterocycles. The third kappa shape index (κ3) is 3.24. The van der Waals surface area contributed by atoms with E-state index < -0.39 is 0 Å². The standard InChI is InChI=1S/C23H22N6O/c1-12-5-7-26-10-17(12)21-20(13-2-3-13)16-9-19(27-11-18(16)22(25)29-21)28-23(30)15-8-14(15)4-6-24/h5,7,9-11,13-15H,2-4,8H2,1H3,(H2,25,29)(H,27,28,30)/t14-,15-/m0/s1. The third-order valence-corrected chi connectivity index (χ3v) is 6.10. The average Bonchev–Trinajstić information content (AvgIpc) is 3.64. The summed E-state index contributed by atoms with van der Waals surface area (Å²) >= 11 is 0. The molecule has 0 aromatic carbocycles. The molecule has 7 nitrogen and oxygen atoms in total. The molecule has 3 aromatic rings. The lowest BCUT2D eigenvalue weighted by molar-refractivity contribution is -0.117. The van der Waals surface area contributed by atoms with Gasteiger partial charge in [0.1, 0.15) is 11.6 Å². The number of nitrogen functional groups attached to an aromatic ring is 1. The van der Waals surface area contributed by atoms with Gasteiger partial charge in [0.25, 0.3) is 0 Å². The zero-order valence-corrected chi connectivity index (χ0v) is 16.7. The number of aryl methyl sites for hydroxylation is 1. The number of pyridine rings is 3. The van der Waals surface area contributed by atoms with Crippen LogP contribution in [0.25, 0.3) is 22.0 Å². The Labute approximate surface area is 174 Å². The molecule has 0 radical (unpaired) electrons. The second kappa shape index (κ2) is 7.06. The van der Waals surface area contributed by atoms with Gasteiger partial charge in [-0.15, -0.1) is 0 Å². The minimum Gasteiger partial charge on any atom is -0.383 e. The number of hydrogen-bond donors (Lipinski definition) is 2. The number of fused-ring (bicyclic) bond motifs is 1. The van der Waals surface area contributed by atoms with Crippen LogP contribution in [0.4, 0.5) is 11.6 Å². The molecule has 2 saturated carbocycles. The highest BCUT2D eigenvalue weighted by Gasteiger charge is 2.42. The van der Waals surface area contributed by atoms with Gasteiger partial charge in [0, 0.05) is 41.9 Å². The molecule has 2 fully saturated rings. The van der Waals surface area contributed by atoms with Crippen molar-refractivity contribution in [1.82, 2.24) is 15.0 Å². The summed E-state index contributed by atoms with van der Waals surface area (Å²) in [4.78, 5) is 25.9. The Morgan fingerprint density at radius 1 is 1.33 bits per heavy atom. The summed E-state index contributed by atoms with van der Waals surface area (Å²) in [6.07, 6.45) is 8.70. The first-order valence-corrected chi connectivity index (χ1v) is 10.2. The molecule has 0 spiro atoms. The van der Waals surface area contributed by atoms with Gasteiger partial charge < -0.3 is 11.1 Å². The fraction of sp³-hybridized carbons (Fsp3) is 0.348. The average molecular weight is 398 g/mol. The monoisotopic (exact) mass is 398 g/mol. The molecular weight excluding hydrogens is 376 g/mol. The molecule has 0 saturated heterocycles. The van der Waals surface area contributed by atoms with Gasteiger partial charge in [0.15, 0.2) is 0 Å². The molecule has 2 aliphatic rings. The molecule has 0 unspecified atom stereocenters. The highest BCUT2D eigenvalue weighted by molar-refractivity contribution is 6.01. The first-order chi connectivity index (χ1) is 14.6. The summed E-state index contributed by atoms with van der Waals surface area (Å²) in [6, 6.07) is 6.02. The molecule has 30 heavy (non-hydrogen) atoms. The van der Waals surface area contributed by atoms with Gasteiger partial charge in [-0.25, -0.2) is 9.97 Å². The number of rotatable bonds is 5. The van der Waals surface area contributed by atoms with Gasteiger partial charge in [-0.3, -0.25) is 9.78 Å². The minimum atomic E-state index is -0.0961. The Kier molecular flexibility index (Phi) is 4.35. The number of amides is 1. The van der Waals surface area contributed by atoms with Crippen molar-refractivity contribution in [2.75, 3.05) is 11.1 Å². The molecule has 2 atom stereocenters. The third-order valence-electron chi connectivity index (χ3n) is 6.10. The quantitative estimate of drug-likeness (QED) is 0.672. The van der Waals surface area contributed by atoms with E-state index in [-0.39, 0.29) is 17.7 Å². The normalized spacial score (nSPS) is 20.0. The zero-order chi connectivity index (χ0) is 20.8. The van der Waals surface area contributed by atoms with Crippen LogP contribution in [0.5, 0.6) is 0 Å². The van der Waals surface area contributed by atoms with Crippen molar-refractivity contribution in [3.63, 3.8) is 0 Å². The predicted molar refractivity (Wildman–Crippen MR) is 114 cm³/mol. The number of nitrogens with one attached hydrogen (secondary N) is 1. The van der Waals surface area contributed by atoms with E-state index in [0.29, 0.717) is 24.0 Å². The molecule has 0 bridgehead atoms. The van der Waals surface area contributed by atoms with Gasteiger partial charge in [-0.1, -0.05) is 0 Å². The van der Waals surface area contributed by atoms with E-state index >= 15 is 0 Å². The minimum absolute atomic E-state index is 0.0690. The number of nitrogens with two attached hydrogens (primary N) is 1. The van der Waals surface area contributed by atoms with Crippen LogP contribution in [-0.2, 0) is 4.79 Å². The topological polar surface area (TPSA) is 118 Å². The van der Waals surface area contributed by atoms with E-state index in [0.717, 1.165) is 52.4 Å². The van der Waals surface area contributed by atoms with Crippen LogP contribution in [0.3, 0.4) is 0 Å². The Balaban J connectivity index is 1.57. The first kappa shape index (κ1) is 18.5. The van der Waals surface area contributed by atoms with E-state index in [2.05, 4.69) is 21.4 Å². The number of anilines is 2. The Hall–Kier alpha value is -3.53. The van der Waals surface area contributed by atoms with Gasteiger partial charge in [0.05, 0.1) is 11.8 Å². The van der Waals surface area contributed by atoms with Crippen LogP contribution in [0.1, 0.15) is 42.7 Å². The van der Waals surface area contributed by atoms with Crippen LogP contribution < -0.4 is 11.1 Å². The first-order valence-electron chi connectivity index (χ1n) is 10.2. The fourth-order valence-corrected chi connectivity index (χ4v) is 4.15. The predicted octanol–water partition coefficient (Wildman–Crippen LogP) is 3.95. The molecule has 7 heteroatoms. The van der Waals surface area contributed by atoms with Crippen molar-refractivity contribution in [1.29, 1.82) is 5.26 Å². The summed E-state index contributed by atoms with van der Waals surface area (Å²) in [5, 5.41) is 13.5. The summed E-state index contributed by atoms with van der Waals surface area (Å²) in [6.45, 7) is 2.04. The van der Waals surface area contributed by atoms with Crippen LogP contribution in [0, 0.1) is 30.1 Å². The Bertz CT molecular complexity index is 1210. The van der Waals surface area contributed by atoms with Gasteiger partial charge in [0.2, 0.25) is 5.91 Å². The van der Waals surface area contributed by atoms with E-state index in [9.17, 15) is 4.79 Å². The highest BCUT2D eigenvalue weighted by atomic mass is 16.2. The molecule has 5 rings (SSSR count). The number of carbonyl (C=O) groups excluding carboxylic acids is 1. The summed E-state index contributed by atoms with van der Waals surface area (Å²) in [7, 11) is 0. The van der Waals surface area contributed by atoms with Crippen LogP contribution in [0.15, 0.2) is 30.7 Å². The van der Waals surface area contributed by atoms with Crippen molar-refractivity contribution in [2.24, 2.45) is 11.8 Å². The fourth-order valence-electron chi connectivity index (χ4n) is 4.15. The highest BCUT2D eigenvalue weighted by Crippen LogP contribution is 2.48. The lowest BCUT2D eigenvalue weighted by Crippen LogP contribution is -2.15. The van der Waals surface area contributed by atoms with Crippen LogP contribution in [0.2, 0.25) is 0 Å². The second-order valence-corrected chi connectivity index (χ2v) is 8.29. The molecule has 3 heterocycles. The number of carbonyl (C=O) groups is 1. The smallest absolute Gasteiger partial charge is 0.228 e. The largest absolute Gasteiger partial charge is 0.383 e. The summed E-state index contributed by atoms with van der Waals surface area (Å²) in [5.74, 6) is 1.36. The molecular formula is C23H22N6O. The molecule has 0 aliphatic heterocycles. The molecule has 150 valence electrons. The number of nitrogens with zero attached hydrogens (tertiary/aromatic N) is 4. The van der Waals surface area contributed by atoms with Crippen LogP contribution in [-0.4, -0.2) is 20.9 Å². The molecule has 1 amide bonds. The van der Waals surface area contributed by atoms with Crippen molar-refractivity contribution in [3.8, 4) is 17.3 Å². The Morgan fingerprint density at radius 3 is 2.90 bits per heavy atom.